The molecule has 0 fully saturated rings. The number of carbonyl (C=O) groups is 2. The van der Waals surface area contributed by atoms with E-state index in [2.05, 4.69) is 21.2 Å². The van der Waals surface area contributed by atoms with E-state index in [9.17, 15) is 14.7 Å². The summed E-state index contributed by atoms with van der Waals surface area (Å²) in [6, 6.07) is 10.6. The van der Waals surface area contributed by atoms with E-state index < -0.39 is 11.9 Å². The molecule has 1 amide bonds. The third-order valence-corrected chi connectivity index (χ3v) is 4.28. The van der Waals surface area contributed by atoms with Gasteiger partial charge in [0.05, 0.1) is 11.1 Å². The second kappa shape index (κ2) is 10.1. The third-order valence-electron chi connectivity index (χ3n) is 3.46. The Morgan fingerprint density at radius 3 is 2.61 bits per heavy atom. The molecule has 148 valence electrons. The summed E-state index contributed by atoms with van der Waals surface area (Å²) >= 11 is 9.43. The van der Waals surface area contributed by atoms with Crippen LogP contribution in [0.4, 0.5) is 0 Å². The van der Waals surface area contributed by atoms with Crippen LogP contribution in [0.25, 0.3) is 6.08 Å². The van der Waals surface area contributed by atoms with Crippen molar-refractivity contribution < 1.29 is 24.2 Å². The van der Waals surface area contributed by atoms with Gasteiger partial charge in [-0.15, -0.1) is 0 Å². The van der Waals surface area contributed by atoms with Crippen molar-refractivity contribution in [2.24, 2.45) is 0 Å². The highest BCUT2D eigenvalue weighted by Crippen LogP contribution is 2.38. The summed E-state index contributed by atoms with van der Waals surface area (Å²) in [7, 11) is 0. The van der Waals surface area contributed by atoms with Gasteiger partial charge in [-0.3, -0.25) is 4.79 Å². The highest BCUT2D eigenvalue weighted by molar-refractivity contribution is 9.10. The van der Waals surface area contributed by atoms with E-state index in [0.29, 0.717) is 33.2 Å². The monoisotopic (exact) mass is 467 g/mol. The molecule has 0 aliphatic rings. The number of amides is 1. The van der Waals surface area contributed by atoms with E-state index in [4.69, 9.17) is 21.1 Å². The SMILES string of the molecule is CCOc1cc(C=C(NC(C)=O)C(=O)O)cc(Br)c1OCc1cccc(Cl)c1. The molecule has 0 spiro atoms. The molecule has 6 nitrogen and oxygen atoms in total. The van der Waals surface area contributed by atoms with Crippen molar-refractivity contribution in [1.82, 2.24) is 5.32 Å². The molecule has 0 saturated heterocycles. The first kappa shape index (κ1) is 21.8. The predicted molar refractivity (Wildman–Crippen MR) is 111 cm³/mol. The number of hydrogen-bond acceptors (Lipinski definition) is 4. The topological polar surface area (TPSA) is 84.9 Å². The summed E-state index contributed by atoms with van der Waals surface area (Å²) in [4.78, 5) is 22.5. The van der Waals surface area contributed by atoms with Crippen LogP contribution in [-0.4, -0.2) is 23.6 Å². The average molecular weight is 469 g/mol. The molecule has 0 atom stereocenters. The molecule has 0 radical (unpaired) electrons. The van der Waals surface area contributed by atoms with E-state index in [1.54, 1.807) is 24.3 Å². The van der Waals surface area contributed by atoms with Gasteiger partial charge in [0.2, 0.25) is 5.91 Å². The minimum Gasteiger partial charge on any atom is -0.490 e. The van der Waals surface area contributed by atoms with Gasteiger partial charge in [-0.05, 0) is 64.3 Å². The normalized spacial score (nSPS) is 11.1. The molecule has 0 aromatic heterocycles. The Morgan fingerprint density at radius 2 is 2.00 bits per heavy atom. The van der Waals surface area contributed by atoms with Crippen LogP contribution in [0.3, 0.4) is 0 Å². The summed E-state index contributed by atoms with van der Waals surface area (Å²) in [5.74, 6) is -0.794. The Hall–Kier alpha value is -2.51. The molecule has 0 unspecified atom stereocenters. The second-order valence-electron chi connectivity index (χ2n) is 5.73. The van der Waals surface area contributed by atoms with Crippen LogP contribution in [0.5, 0.6) is 11.5 Å². The second-order valence-corrected chi connectivity index (χ2v) is 7.02. The molecule has 2 aromatic carbocycles. The van der Waals surface area contributed by atoms with Crippen molar-refractivity contribution >= 4 is 45.5 Å². The quantitative estimate of drug-likeness (QED) is 0.551. The number of hydrogen-bond donors (Lipinski definition) is 2. The van der Waals surface area contributed by atoms with Crippen LogP contribution in [0.15, 0.2) is 46.6 Å². The molecule has 2 N–H and O–H groups in total. The number of carboxylic acids is 1. The zero-order chi connectivity index (χ0) is 20.7. The van der Waals surface area contributed by atoms with Crippen molar-refractivity contribution in [3.8, 4) is 11.5 Å². The summed E-state index contributed by atoms with van der Waals surface area (Å²) in [5, 5.41) is 12.2. The van der Waals surface area contributed by atoms with Crippen LogP contribution < -0.4 is 14.8 Å². The Morgan fingerprint density at radius 1 is 1.25 bits per heavy atom. The minimum atomic E-state index is -1.24. The highest BCUT2D eigenvalue weighted by Gasteiger charge is 2.15. The Balaban J connectivity index is 2.34. The lowest BCUT2D eigenvalue weighted by molar-refractivity contribution is -0.134. The first-order chi connectivity index (χ1) is 13.3. The van der Waals surface area contributed by atoms with Crippen LogP contribution in [-0.2, 0) is 16.2 Å². The van der Waals surface area contributed by atoms with Gasteiger partial charge in [-0.1, -0.05) is 23.7 Å². The number of nitrogens with one attached hydrogen (secondary N) is 1. The first-order valence-corrected chi connectivity index (χ1v) is 9.53. The fraction of sp³-hybridized carbons (Fsp3) is 0.200. The van der Waals surface area contributed by atoms with Crippen LogP contribution in [0.2, 0.25) is 5.02 Å². The minimum absolute atomic E-state index is 0.241. The molecule has 0 heterocycles. The largest absolute Gasteiger partial charge is 0.490 e. The Labute approximate surface area is 176 Å². The molecular formula is C20H19BrClNO5. The van der Waals surface area contributed by atoms with Crippen molar-refractivity contribution in [2.45, 2.75) is 20.5 Å². The van der Waals surface area contributed by atoms with Gasteiger partial charge < -0.3 is 19.9 Å². The van der Waals surface area contributed by atoms with Crippen molar-refractivity contribution in [2.75, 3.05) is 6.61 Å². The number of benzene rings is 2. The summed E-state index contributed by atoms with van der Waals surface area (Å²) in [6.45, 7) is 3.74. The lowest BCUT2D eigenvalue weighted by Crippen LogP contribution is -2.24. The molecule has 2 rings (SSSR count). The van der Waals surface area contributed by atoms with E-state index in [1.807, 2.05) is 19.1 Å². The van der Waals surface area contributed by atoms with Gasteiger partial charge in [0, 0.05) is 11.9 Å². The number of ether oxygens (including phenoxy) is 2. The molecule has 2 aromatic rings. The number of halogens is 2. The summed E-state index contributed by atoms with van der Waals surface area (Å²) in [6.07, 6.45) is 1.35. The van der Waals surface area contributed by atoms with Crippen LogP contribution in [0.1, 0.15) is 25.0 Å². The lowest BCUT2D eigenvalue weighted by Gasteiger charge is -2.15. The molecular weight excluding hydrogens is 450 g/mol. The van der Waals surface area contributed by atoms with E-state index in [-0.39, 0.29) is 12.3 Å². The number of rotatable bonds is 8. The molecule has 8 heteroatoms. The number of carbonyl (C=O) groups excluding carboxylic acids is 1. The van der Waals surface area contributed by atoms with Crippen molar-refractivity contribution in [1.29, 1.82) is 0 Å². The maximum Gasteiger partial charge on any atom is 0.352 e. The third kappa shape index (κ3) is 6.28. The fourth-order valence-corrected chi connectivity index (χ4v) is 3.15. The van der Waals surface area contributed by atoms with Gasteiger partial charge >= 0.3 is 5.97 Å². The molecule has 0 bridgehead atoms. The highest BCUT2D eigenvalue weighted by atomic mass is 79.9. The average Bonchev–Trinajstić information content (AvgIpc) is 2.60. The smallest absolute Gasteiger partial charge is 0.352 e. The van der Waals surface area contributed by atoms with Gasteiger partial charge in [-0.2, -0.15) is 0 Å². The summed E-state index contributed by atoms with van der Waals surface area (Å²) in [5.41, 5.74) is 1.18. The maximum absolute atomic E-state index is 11.3. The lowest BCUT2D eigenvalue weighted by atomic mass is 10.1. The standard InChI is InChI=1S/C20H19BrClNO5/c1-3-27-18-10-14(9-17(20(25)26)23-12(2)24)8-16(21)19(18)28-11-13-5-4-6-15(22)7-13/h4-10H,3,11H2,1-2H3,(H,23,24)(H,25,26). The fourth-order valence-electron chi connectivity index (χ4n) is 2.36. The number of aliphatic carboxylic acids is 1. The van der Waals surface area contributed by atoms with Gasteiger partial charge in [-0.25, -0.2) is 4.79 Å². The first-order valence-electron chi connectivity index (χ1n) is 8.36. The summed E-state index contributed by atoms with van der Waals surface area (Å²) < 4.78 is 12.1. The van der Waals surface area contributed by atoms with Crippen LogP contribution >= 0.6 is 27.5 Å². The predicted octanol–water partition coefficient (Wildman–Crippen LogP) is 4.64. The van der Waals surface area contributed by atoms with E-state index >= 15 is 0 Å². The van der Waals surface area contributed by atoms with Crippen LogP contribution in [0, 0.1) is 0 Å². The molecule has 0 aliphatic heterocycles. The van der Waals surface area contributed by atoms with Gasteiger partial charge in [0.1, 0.15) is 12.3 Å². The zero-order valence-corrected chi connectivity index (χ0v) is 17.6. The molecule has 0 aliphatic carbocycles. The molecule has 28 heavy (non-hydrogen) atoms. The van der Waals surface area contributed by atoms with Crippen molar-refractivity contribution in [3.63, 3.8) is 0 Å². The zero-order valence-electron chi connectivity index (χ0n) is 15.3. The van der Waals surface area contributed by atoms with E-state index in [1.165, 1.54) is 13.0 Å². The Bertz CT molecular complexity index is 913. The maximum atomic E-state index is 11.3. The number of carboxylic acid groups (broad SMARTS) is 1. The molecule has 0 saturated carbocycles. The van der Waals surface area contributed by atoms with E-state index in [0.717, 1.165) is 5.56 Å². The van der Waals surface area contributed by atoms with Gasteiger partial charge in [0.15, 0.2) is 11.5 Å². The van der Waals surface area contributed by atoms with Crippen molar-refractivity contribution in [3.05, 3.63) is 62.7 Å². The Kier molecular flexibility index (Phi) is 7.90. The van der Waals surface area contributed by atoms with Gasteiger partial charge in [0.25, 0.3) is 0 Å².